The standard InChI is InChI=1S/C23H28N4O4/c1-27(2)22(24)25-13-7-12-20(21(28)29)26-23(30)31-14-19-17-10-5-3-8-15(17)16-9-4-6-11-18(16)19/h3-6,8-11,19-20H,7,12-14H2,1-2H3,(H4,24,25,26,28,29,30)/t20-/m0/s1. The van der Waals surface area contributed by atoms with Crippen LogP contribution in [0.5, 0.6) is 0 Å². The number of alkyl carbamates (subject to hydrolysis) is 1. The van der Waals surface area contributed by atoms with Gasteiger partial charge in [-0.15, -0.1) is 0 Å². The van der Waals surface area contributed by atoms with Gasteiger partial charge in [0.2, 0.25) is 0 Å². The number of carbonyl (C=O) groups excluding carboxylic acids is 2. The predicted molar refractivity (Wildman–Crippen MR) is 116 cm³/mol. The molecule has 0 spiro atoms. The van der Waals surface area contributed by atoms with Crippen LogP contribution >= 0.6 is 0 Å². The van der Waals surface area contributed by atoms with Crippen LogP contribution in [-0.2, 0) is 9.53 Å². The number of carboxylic acid groups (broad SMARTS) is 1. The van der Waals surface area contributed by atoms with Crippen molar-refractivity contribution in [3.05, 3.63) is 59.7 Å². The number of ether oxygens (including phenoxy) is 1. The highest BCUT2D eigenvalue weighted by molar-refractivity contribution is 5.80. The van der Waals surface area contributed by atoms with Crippen LogP contribution in [0.4, 0.5) is 4.79 Å². The topological polar surface area (TPSA) is 120 Å². The fourth-order valence-electron chi connectivity index (χ4n) is 3.71. The third-order valence-electron chi connectivity index (χ3n) is 5.38. The van der Waals surface area contributed by atoms with E-state index in [0.717, 1.165) is 22.3 Å². The Bertz CT molecular complexity index is 940. The summed E-state index contributed by atoms with van der Waals surface area (Å²) < 4.78 is 7.12. The molecule has 0 fully saturated rings. The van der Waals surface area contributed by atoms with Crippen molar-refractivity contribution < 1.29 is 24.0 Å². The maximum Gasteiger partial charge on any atom is 0.407 e. The largest absolute Gasteiger partial charge is 0.548 e. The summed E-state index contributed by atoms with van der Waals surface area (Å²) in [6, 6.07) is 14.9. The first-order chi connectivity index (χ1) is 14.9. The third-order valence-corrected chi connectivity index (χ3v) is 5.38. The average molecular weight is 425 g/mol. The maximum atomic E-state index is 12.3. The lowest BCUT2D eigenvalue weighted by Crippen LogP contribution is -2.48. The van der Waals surface area contributed by atoms with E-state index in [1.807, 2.05) is 36.4 Å². The van der Waals surface area contributed by atoms with Crippen LogP contribution in [0.15, 0.2) is 48.5 Å². The molecular formula is C23H28N4O4. The van der Waals surface area contributed by atoms with Crippen molar-refractivity contribution in [2.75, 3.05) is 27.2 Å². The Kier molecular flexibility index (Phi) is 7.12. The van der Waals surface area contributed by atoms with E-state index in [9.17, 15) is 14.7 Å². The van der Waals surface area contributed by atoms with E-state index in [1.54, 1.807) is 18.7 Å². The van der Waals surface area contributed by atoms with E-state index >= 15 is 0 Å². The Balaban J connectivity index is 1.55. The summed E-state index contributed by atoms with van der Waals surface area (Å²) in [5.41, 5.74) is 10.2. The van der Waals surface area contributed by atoms with Gasteiger partial charge in [-0.2, -0.15) is 0 Å². The van der Waals surface area contributed by atoms with Gasteiger partial charge in [0.15, 0.2) is 0 Å². The number of hydrogen-bond acceptors (Lipinski definition) is 4. The summed E-state index contributed by atoms with van der Waals surface area (Å²) in [6.45, 7) is 0.593. The Morgan fingerprint density at radius 2 is 1.68 bits per heavy atom. The molecule has 8 heteroatoms. The molecule has 2 aromatic carbocycles. The lowest BCUT2D eigenvalue weighted by molar-refractivity contribution is -0.467. The molecule has 3 rings (SSSR count). The van der Waals surface area contributed by atoms with Gasteiger partial charge >= 0.3 is 12.1 Å². The molecular weight excluding hydrogens is 396 g/mol. The Morgan fingerprint density at radius 3 is 2.23 bits per heavy atom. The van der Waals surface area contributed by atoms with Crippen molar-refractivity contribution in [1.82, 2.24) is 10.6 Å². The van der Waals surface area contributed by atoms with Crippen molar-refractivity contribution >= 4 is 18.0 Å². The van der Waals surface area contributed by atoms with Crippen LogP contribution in [-0.4, -0.2) is 55.9 Å². The highest BCUT2D eigenvalue weighted by atomic mass is 16.5. The first-order valence-corrected chi connectivity index (χ1v) is 10.2. The number of amides is 1. The Morgan fingerprint density at radius 1 is 1.10 bits per heavy atom. The summed E-state index contributed by atoms with van der Waals surface area (Å²) in [5, 5.41) is 16.8. The van der Waals surface area contributed by atoms with E-state index in [2.05, 4.69) is 22.8 Å². The van der Waals surface area contributed by atoms with Gasteiger partial charge in [0.1, 0.15) is 6.61 Å². The van der Waals surface area contributed by atoms with Crippen LogP contribution in [0.2, 0.25) is 0 Å². The van der Waals surface area contributed by atoms with Gasteiger partial charge in [0.25, 0.3) is 0 Å². The zero-order valence-electron chi connectivity index (χ0n) is 17.8. The average Bonchev–Trinajstić information content (AvgIpc) is 3.07. The van der Waals surface area contributed by atoms with Crippen LogP contribution in [0.25, 0.3) is 11.1 Å². The number of benzene rings is 2. The third kappa shape index (κ3) is 5.33. The van der Waals surface area contributed by atoms with Gasteiger partial charge in [-0.1, -0.05) is 48.5 Å². The fraction of sp³-hybridized carbons (Fsp3) is 0.348. The second-order valence-electron chi connectivity index (χ2n) is 7.69. The van der Waals surface area contributed by atoms with Crippen molar-refractivity contribution in [3.63, 3.8) is 0 Å². The number of guanidine groups is 1. The quantitative estimate of drug-likeness (QED) is 0.247. The Hall–Kier alpha value is -3.55. The van der Waals surface area contributed by atoms with Crippen molar-refractivity contribution in [1.29, 1.82) is 0 Å². The molecule has 0 aromatic heterocycles. The molecule has 164 valence electrons. The molecule has 1 amide bonds. The Labute approximate surface area is 181 Å². The molecule has 0 bridgehead atoms. The van der Waals surface area contributed by atoms with Gasteiger partial charge < -0.3 is 20.0 Å². The van der Waals surface area contributed by atoms with Gasteiger partial charge in [-0.25, -0.2) is 4.79 Å². The SMILES string of the molecule is C[N+](C)=C(N)NCCC[C@H](NC(=O)OCC1c2ccccc2-c2ccccc21)C(=O)[O-]. The lowest BCUT2D eigenvalue weighted by Gasteiger charge is -2.20. The number of nitrogens with zero attached hydrogens (tertiary/aromatic N) is 1. The monoisotopic (exact) mass is 424 g/mol. The van der Waals surface area contributed by atoms with Crippen molar-refractivity contribution in [2.45, 2.75) is 24.8 Å². The molecule has 1 atom stereocenters. The highest BCUT2D eigenvalue weighted by Crippen LogP contribution is 2.44. The summed E-state index contributed by atoms with van der Waals surface area (Å²) in [7, 11) is 3.59. The van der Waals surface area contributed by atoms with Gasteiger partial charge in [-0.3, -0.25) is 15.6 Å². The zero-order valence-corrected chi connectivity index (χ0v) is 17.8. The molecule has 0 aliphatic heterocycles. The number of nitrogens with one attached hydrogen (secondary N) is 2. The van der Waals surface area contributed by atoms with Crippen molar-refractivity contribution in [3.8, 4) is 11.1 Å². The number of carboxylic acids is 1. The summed E-state index contributed by atoms with van der Waals surface area (Å²) >= 11 is 0. The molecule has 1 aliphatic rings. The van der Waals surface area contributed by atoms with Crippen LogP contribution in [0.3, 0.4) is 0 Å². The first-order valence-electron chi connectivity index (χ1n) is 10.2. The maximum absolute atomic E-state index is 12.3. The predicted octanol–water partition coefficient (Wildman–Crippen LogP) is 0.600. The summed E-state index contributed by atoms with van der Waals surface area (Å²) in [6.07, 6.45) is -0.0970. The highest BCUT2D eigenvalue weighted by Gasteiger charge is 2.29. The summed E-state index contributed by atoms with van der Waals surface area (Å²) in [5.74, 6) is -0.958. The minimum atomic E-state index is -1.35. The molecule has 2 aromatic rings. The molecule has 0 unspecified atom stereocenters. The normalized spacial score (nSPS) is 13.0. The lowest BCUT2D eigenvalue weighted by atomic mass is 9.98. The second-order valence-corrected chi connectivity index (χ2v) is 7.69. The molecule has 8 nitrogen and oxygen atoms in total. The minimum absolute atomic E-state index is 0.0895. The van der Waals surface area contributed by atoms with Crippen LogP contribution in [0.1, 0.15) is 29.9 Å². The molecule has 0 saturated heterocycles. The summed E-state index contributed by atoms with van der Waals surface area (Å²) in [4.78, 5) is 23.7. The number of carbonyl (C=O) groups is 2. The van der Waals surface area contributed by atoms with Gasteiger partial charge in [0.05, 0.1) is 32.7 Å². The smallest absolute Gasteiger partial charge is 0.407 e. The van der Waals surface area contributed by atoms with Gasteiger partial charge in [0, 0.05) is 5.92 Å². The molecule has 4 N–H and O–H groups in total. The zero-order chi connectivity index (χ0) is 22.4. The van der Waals surface area contributed by atoms with Crippen LogP contribution in [0, 0.1) is 0 Å². The molecule has 0 saturated carbocycles. The molecule has 0 radical (unpaired) electrons. The van der Waals surface area contributed by atoms with Gasteiger partial charge in [-0.05, 0) is 35.1 Å². The second kappa shape index (κ2) is 9.97. The minimum Gasteiger partial charge on any atom is -0.548 e. The van der Waals surface area contributed by atoms with E-state index in [4.69, 9.17) is 10.5 Å². The number of nitrogens with two attached hydrogens (primary N) is 1. The number of aliphatic carboxylic acids is 1. The van der Waals surface area contributed by atoms with E-state index < -0.39 is 18.1 Å². The number of fused-ring (bicyclic) bond motifs is 3. The molecule has 31 heavy (non-hydrogen) atoms. The van der Waals surface area contributed by atoms with E-state index in [0.29, 0.717) is 18.9 Å². The fourth-order valence-corrected chi connectivity index (χ4v) is 3.71. The molecule has 1 aliphatic carbocycles. The van der Waals surface area contributed by atoms with Crippen molar-refractivity contribution in [2.24, 2.45) is 5.73 Å². The number of rotatable bonds is 8. The van der Waals surface area contributed by atoms with E-state index in [1.165, 1.54) is 0 Å². The van der Waals surface area contributed by atoms with Crippen LogP contribution < -0.4 is 21.5 Å². The number of hydrogen-bond donors (Lipinski definition) is 3. The first kappa shape index (κ1) is 22.1. The van der Waals surface area contributed by atoms with E-state index in [-0.39, 0.29) is 18.9 Å². The molecule has 0 heterocycles.